The predicted molar refractivity (Wildman–Crippen MR) is 110 cm³/mol. The van der Waals surface area contributed by atoms with Gasteiger partial charge >= 0.3 is 0 Å². The first kappa shape index (κ1) is 22.5. The Kier molecular flexibility index (Phi) is 9.75. The van der Waals surface area contributed by atoms with Crippen LogP contribution in [0.2, 0.25) is 0 Å². The van der Waals surface area contributed by atoms with Crippen LogP contribution in [-0.2, 0) is 11.3 Å². The lowest BCUT2D eigenvalue weighted by Gasteiger charge is -2.34. The van der Waals surface area contributed by atoms with E-state index in [1.807, 2.05) is 18.2 Å². The van der Waals surface area contributed by atoms with E-state index in [9.17, 15) is 4.79 Å². The smallest absolute Gasteiger partial charge is 0.223 e. The van der Waals surface area contributed by atoms with Gasteiger partial charge in [-0.05, 0) is 36.0 Å². The summed E-state index contributed by atoms with van der Waals surface area (Å²) in [5.41, 5.74) is 1.15. The fraction of sp³-hybridized carbons (Fsp3) is 0.696. The average molecular weight is 362 g/mol. The summed E-state index contributed by atoms with van der Waals surface area (Å²) in [7, 11) is 1.69. The molecule has 0 atom stereocenters. The zero-order chi connectivity index (χ0) is 19.6. The predicted octanol–water partition coefficient (Wildman–Crippen LogP) is 6.21. The average Bonchev–Trinajstić information content (AvgIpc) is 2.59. The Morgan fingerprint density at radius 2 is 1.73 bits per heavy atom. The zero-order valence-corrected chi connectivity index (χ0v) is 17.8. The lowest BCUT2D eigenvalue weighted by molar-refractivity contribution is -0.136. The Balaban J connectivity index is 3.05. The lowest BCUT2D eigenvalue weighted by Crippen LogP contribution is -2.41. The van der Waals surface area contributed by atoms with E-state index in [2.05, 4.69) is 45.6 Å². The van der Waals surface area contributed by atoms with E-state index < -0.39 is 0 Å². The second-order valence-electron chi connectivity index (χ2n) is 8.55. The molecule has 0 fully saturated rings. The van der Waals surface area contributed by atoms with Crippen LogP contribution < -0.4 is 4.74 Å². The monoisotopic (exact) mass is 361 g/mol. The van der Waals surface area contributed by atoms with E-state index in [4.69, 9.17) is 4.74 Å². The highest BCUT2D eigenvalue weighted by molar-refractivity contribution is 5.77. The van der Waals surface area contributed by atoms with Gasteiger partial charge in [-0.1, -0.05) is 72.4 Å². The second-order valence-corrected chi connectivity index (χ2v) is 8.55. The Hall–Kier alpha value is -1.51. The van der Waals surface area contributed by atoms with Crippen LogP contribution in [0.3, 0.4) is 0 Å². The molecule has 1 rings (SSSR count). The first-order valence-electron chi connectivity index (χ1n) is 10.2. The number of carbonyl (C=O) groups excluding carboxylic acids is 1. The molecule has 0 aliphatic heterocycles. The van der Waals surface area contributed by atoms with E-state index >= 15 is 0 Å². The van der Waals surface area contributed by atoms with E-state index in [-0.39, 0.29) is 11.3 Å². The minimum absolute atomic E-state index is 0.00374. The number of hydrogen-bond acceptors (Lipinski definition) is 2. The van der Waals surface area contributed by atoms with Crippen molar-refractivity contribution in [1.29, 1.82) is 0 Å². The van der Waals surface area contributed by atoms with Gasteiger partial charge in [0.1, 0.15) is 5.75 Å². The van der Waals surface area contributed by atoms with Crippen LogP contribution in [0.1, 0.15) is 85.1 Å². The molecule has 0 N–H and O–H groups in total. The number of unbranched alkanes of at least 4 members (excludes halogenated alkanes) is 2. The van der Waals surface area contributed by atoms with Gasteiger partial charge in [-0.15, -0.1) is 0 Å². The van der Waals surface area contributed by atoms with Gasteiger partial charge in [0.05, 0.1) is 7.11 Å². The van der Waals surface area contributed by atoms with Gasteiger partial charge in [0.2, 0.25) is 5.91 Å². The summed E-state index contributed by atoms with van der Waals surface area (Å²) in [6.07, 6.45) is 7.46. The fourth-order valence-electron chi connectivity index (χ4n) is 3.28. The summed E-state index contributed by atoms with van der Waals surface area (Å²) in [5.74, 6) is 1.13. The molecule has 0 heterocycles. The molecule has 0 saturated carbocycles. The molecule has 1 amide bonds. The van der Waals surface area contributed by atoms with Gasteiger partial charge in [-0.25, -0.2) is 0 Å². The molecule has 1 aromatic carbocycles. The first-order valence-corrected chi connectivity index (χ1v) is 10.2. The number of amides is 1. The summed E-state index contributed by atoms with van der Waals surface area (Å²) in [6.45, 7) is 11.5. The van der Waals surface area contributed by atoms with Gasteiger partial charge in [-0.2, -0.15) is 0 Å². The molecule has 26 heavy (non-hydrogen) atoms. The third kappa shape index (κ3) is 8.25. The van der Waals surface area contributed by atoms with Gasteiger partial charge in [0.15, 0.2) is 0 Å². The molecule has 1 aromatic rings. The highest BCUT2D eigenvalue weighted by atomic mass is 16.5. The van der Waals surface area contributed by atoms with Crippen molar-refractivity contribution in [3.8, 4) is 5.75 Å². The van der Waals surface area contributed by atoms with Crippen molar-refractivity contribution in [3.05, 3.63) is 29.8 Å². The van der Waals surface area contributed by atoms with Crippen molar-refractivity contribution in [1.82, 2.24) is 4.90 Å². The van der Waals surface area contributed by atoms with Crippen LogP contribution in [0.15, 0.2) is 24.3 Å². The molecule has 148 valence electrons. The van der Waals surface area contributed by atoms with Crippen molar-refractivity contribution >= 4 is 5.91 Å². The van der Waals surface area contributed by atoms with Crippen LogP contribution in [-0.4, -0.2) is 24.0 Å². The van der Waals surface area contributed by atoms with Crippen molar-refractivity contribution < 1.29 is 9.53 Å². The Morgan fingerprint density at radius 1 is 1.12 bits per heavy atom. The Labute approximate surface area is 161 Å². The lowest BCUT2D eigenvalue weighted by atomic mass is 9.90. The van der Waals surface area contributed by atoms with E-state index in [1.54, 1.807) is 7.11 Å². The number of nitrogens with zero attached hydrogens (tertiary/aromatic N) is 1. The van der Waals surface area contributed by atoms with Crippen molar-refractivity contribution in [2.24, 2.45) is 5.41 Å². The molecular weight excluding hydrogens is 322 g/mol. The van der Waals surface area contributed by atoms with Crippen molar-refractivity contribution in [2.45, 2.75) is 92.2 Å². The van der Waals surface area contributed by atoms with Gasteiger partial charge in [0, 0.05) is 19.0 Å². The van der Waals surface area contributed by atoms with E-state index in [1.165, 1.54) is 25.7 Å². The summed E-state index contributed by atoms with van der Waals surface area (Å²) in [5, 5.41) is 0. The SMILES string of the molecule is CCCCC(CCCC)N(Cc1cccc(OC)c1)C(=O)CC(C)(C)C. The standard InChI is InChI=1S/C23H39NO2/c1-7-9-13-20(14-10-8-2)24(22(25)17-23(3,4)5)18-19-12-11-15-21(16-19)26-6/h11-12,15-16,20H,7-10,13-14,17-18H2,1-6H3. The topological polar surface area (TPSA) is 29.5 Å². The van der Waals surface area contributed by atoms with Crippen LogP contribution >= 0.6 is 0 Å². The molecule has 0 bridgehead atoms. The minimum Gasteiger partial charge on any atom is -0.497 e. The summed E-state index contributed by atoms with van der Waals surface area (Å²) >= 11 is 0. The molecule has 0 aliphatic carbocycles. The molecular formula is C23H39NO2. The van der Waals surface area contributed by atoms with E-state index in [0.29, 0.717) is 19.0 Å². The van der Waals surface area contributed by atoms with Gasteiger partial charge < -0.3 is 9.64 Å². The Bertz CT molecular complexity index is 525. The normalized spacial score (nSPS) is 11.7. The maximum atomic E-state index is 13.2. The molecule has 0 saturated heterocycles. The second kappa shape index (κ2) is 11.3. The van der Waals surface area contributed by atoms with Crippen molar-refractivity contribution in [2.75, 3.05) is 7.11 Å². The highest BCUT2D eigenvalue weighted by Crippen LogP contribution is 2.26. The third-order valence-corrected chi connectivity index (χ3v) is 4.71. The zero-order valence-electron chi connectivity index (χ0n) is 17.8. The molecule has 0 radical (unpaired) electrons. The number of carbonyl (C=O) groups is 1. The minimum atomic E-state index is 0.00374. The summed E-state index contributed by atoms with van der Waals surface area (Å²) < 4.78 is 5.36. The summed E-state index contributed by atoms with van der Waals surface area (Å²) in [4.78, 5) is 15.3. The highest BCUT2D eigenvalue weighted by Gasteiger charge is 2.27. The van der Waals surface area contributed by atoms with Crippen LogP contribution in [0.25, 0.3) is 0 Å². The molecule has 3 nitrogen and oxygen atoms in total. The number of benzene rings is 1. The molecule has 0 aliphatic rings. The maximum absolute atomic E-state index is 13.2. The fourth-order valence-corrected chi connectivity index (χ4v) is 3.28. The van der Waals surface area contributed by atoms with Crippen LogP contribution in [0, 0.1) is 5.41 Å². The third-order valence-electron chi connectivity index (χ3n) is 4.71. The van der Waals surface area contributed by atoms with E-state index in [0.717, 1.165) is 24.2 Å². The Morgan fingerprint density at radius 3 is 2.23 bits per heavy atom. The van der Waals surface area contributed by atoms with Gasteiger partial charge in [0.25, 0.3) is 0 Å². The molecule has 0 spiro atoms. The summed E-state index contributed by atoms with van der Waals surface area (Å²) in [6, 6.07) is 8.44. The first-order chi connectivity index (χ1) is 12.3. The number of methoxy groups -OCH3 is 1. The molecule has 3 heteroatoms. The quantitative estimate of drug-likeness (QED) is 0.469. The number of rotatable bonds is 11. The molecule has 0 unspecified atom stereocenters. The van der Waals surface area contributed by atoms with Crippen LogP contribution in [0.5, 0.6) is 5.75 Å². The van der Waals surface area contributed by atoms with Gasteiger partial charge in [-0.3, -0.25) is 4.79 Å². The number of ether oxygens (including phenoxy) is 1. The maximum Gasteiger partial charge on any atom is 0.223 e. The number of hydrogen-bond donors (Lipinski definition) is 0. The largest absolute Gasteiger partial charge is 0.497 e. The molecule has 0 aromatic heterocycles. The van der Waals surface area contributed by atoms with Crippen molar-refractivity contribution in [3.63, 3.8) is 0 Å². The van der Waals surface area contributed by atoms with Crippen LogP contribution in [0.4, 0.5) is 0 Å².